The number of nitrogens with two attached hydrogens (primary N) is 1. The van der Waals surface area contributed by atoms with E-state index in [0.717, 1.165) is 76.7 Å². The van der Waals surface area contributed by atoms with E-state index in [1.165, 1.54) is 27.8 Å². The Morgan fingerprint density at radius 2 is 1.59 bits per heavy atom. The van der Waals surface area contributed by atoms with Crippen molar-refractivity contribution in [3.05, 3.63) is 70.3 Å². The van der Waals surface area contributed by atoms with Gasteiger partial charge in [-0.3, -0.25) is 0 Å². The number of unbranched alkanes of at least 4 members (excludes halogenated alkanes) is 2. The van der Waals surface area contributed by atoms with Gasteiger partial charge in [-0.1, -0.05) is 69.2 Å². The molecule has 0 bridgehead atoms. The maximum absolute atomic E-state index is 10.7. The van der Waals surface area contributed by atoms with Crippen molar-refractivity contribution >= 4 is 6.08 Å². The van der Waals surface area contributed by atoms with E-state index in [0.29, 0.717) is 0 Å². The Labute approximate surface area is 207 Å². The van der Waals surface area contributed by atoms with Crippen molar-refractivity contribution < 1.29 is 9.84 Å². The third-order valence-electron chi connectivity index (χ3n) is 7.91. The van der Waals surface area contributed by atoms with E-state index in [1.807, 2.05) is 6.08 Å². The van der Waals surface area contributed by atoms with Crippen LogP contribution < -0.4 is 10.5 Å². The molecule has 1 saturated carbocycles. The molecule has 0 radical (unpaired) electrons. The zero-order chi connectivity index (χ0) is 24.6. The first-order chi connectivity index (χ1) is 16.4. The van der Waals surface area contributed by atoms with Gasteiger partial charge in [0.15, 0.2) is 0 Å². The van der Waals surface area contributed by atoms with Crippen molar-refractivity contribution in [1.29, 1.82) is 0 Å². The summed E-state index contributed by atoms with van der Waals surface area (Å²) < 4.78 is 6.07. The van der Waals surface area contributed by atoms with Crippen LogP contribution >= 0.6 is 0 Å². The minimum absolute atomic E-state index is 0.0267. The lowest BCUT2D eigenvalue weighted by Gasteiger charge is -2.34. The van der Waals surface area contributed by atoms with Gasteiger partial charge in [0.05, 0.1) is 12.2 Å². The first-order valence-electron chi connectivity index (χ1n) is 13.3. The van der Waals surface area contributed by atoms with E-state index < -0.39 is 5.60 Å². The SMILES string of the molecule is CCC(CC)(c1ccc(/C=C/C2(O)CCCC2)c(C)c1)c1ccc(OCCCCCN)c(C)c1. The zero-order valence-electron chi connectivity index (χ0n) is 21.8. The number of aliphatic hydroxyl groups is 1. The molecule has 186 valence electrons. The van der Waals surface area contributed by atoms with Crippen LogP contribution in [0.1, 0.15) is 99.5 Å². The largest absolute Gasteiger partial charge is 0.493 e. The van der Waals surface area contributed by atoms with Crippen molar-refractivity contribution in [1.82, 2.24) is 0 Å². The molecule has 0 heterocycles. The Hall–Kier alpha value is -2.10. The summed E-state index contributed by atoms with van der Waals surface area (Å²) in [5.74, 6) is 0.985. The minimum atomic E-state index is -0.618. The van der Waals surface area contributed by atoms with Gasteiger partial charge in [-0.25, -0.2) is 0 Å². The van der Waals surface area contributed by atoms with E-state index in [4.69, 9.17) is 10.5 Å². The smallest absolute Gasteiger partial charge is 0.122 e. The lowest BCUT2D eigenvalue weighted by Crippen LogP contribution is -2.26. The summed E-state index contributed by atoms with van der Waals surface area (Å²) in [5, 5.41) is 10.7. The quantitative estimate of drug-likeness (QED) is 0.326. The summed E-state index contributed by atoms with van der Waals surface area (Å²) >= 11 is 0. The summed E-state index contributed by atoms with van der Waals surface area (Å²) in [6.45, 7) is 10.4. The van der Waals surface area contributed by atoms with Crippen LogP contribution in [0.5, 0.6) is 5.75 Å². The highest BCUT2D eigenvalue weighted by Gasteiger charge is 2.32. The highest BCUT2D eigenvalue weighted by atomic mass is 16.5. The summed E-state index contributed by atoms with van der Waals surface area (Å²) in [7, 11) is 0. The fraction of sp³-hybridized carbons (Fsp3) is 0.548. The van der Waals surface area contributed by atoms with E-state index in [9.17, 15) is 5.11 Å². The Kier molecular flexibility index (Phi) is 9.39. The molecule has 0 amide bonds. The van der Waals surface area contributed by atoms with E-state index in [1.54, 1.807) is 0 Å². The molecule has 0 spiro atoms. The topological polar surface area (TPSA) is 55.5 Å². The fourth-order valence-electron chi connectivity index (χ4n) is 5.51. The van der Waals surface area contributed by atoms with Crippen LogP contribution in [0.15, 0.2) is 42.5 Å². The maximum Gasteiger partial charge on any atom is 0.122 e. The molecular formula is C31H45NO2. The van der Waals surface area contributed by atoms with Crippen LogP contribution in [0.2, 0.25) is 0 Å². The predicted octanol–water partition coefficient (Wildman–Crippen LogP) is 7.24. The summed E-state index contributed by atoms with van der Waals surface area (Å²) in [5.41, 5.74) is 11.3. The van der Waals surface area contributed by atoms with Crippen molar-refractivity contribution in [3.63, 3.8) is 0 Å². The molecule has 3 nitrogen and oxygen atoms in total. The van der Waals surface area contributed by atoms with Crippen LogP contribution in [-0.2, 0) is 5.41 Å². The van der Waals surface area contributed by atoms with Crippen molar-refractivity contribution in [3.8, 4) is 5.75 Å². The second-order valence-corrected chi connectivity index (χ2v) is 10.2. The van der Waals surface area contributed by atoms with Gasteiger partial charge in [-0.05, 0) is 99.2 Å². The minimum Gasteiger partial charge on any atom is -0.493 e. The molecule has 0 aromatic heterocycles. The molecular weight excluding hydrogens is 418 g/mol. The molecule has 2 aromatic carbocycles. The van der Waals surface area contributed by atoms with Gasteiger partial charge in [0.1, 0.15) is 5.75 Å². The van der Waals surface area contributed by atoms with Crippen molar-refractivity contribution in [2.24, 2.45) is 5.73 Å². The average Bonchev–Trinajstić information content (AvgIpc) is 3.27. The van der Waals surface area contributed by atoms with E-state index in [-0.39, 0.29) is 5.41 Å². The maximum atomic E-state index is 10.7. The molecule has 1 aliphatic rings. The number of ether oxygens (including phenoxy) is 1. The van der Waals surface area contributed by atoms with Gasteiger partial charge in [0.2, 0.25) is 0 Å². The number of benzene rings is 2. The van der Waals surface area contributed by atoms with Gasteiger partial charge < -0.3 is 15.6 Å². The first kappa shape index (κ1) is 26.5. The van der Waals surface area contributed by atoms with Crippen LogP contribution in [0.25, 0.3) is 6.08 Å². The molecule has 0 saturated heterocycles. The molecule has 3 N–H and O–H groups in total. The Morgan fingerprint density at radius 1 is 0.941 bits per heavy atom. The van der Waals surface area contributed by atoms with Gasteiger partial charge in [-0.15, -0.1) is 0 Å². The second kappa shape index (κ2) is 12.0. The van der Waals surface area contributed by atoms with Gasteiger partial charge in [0, 0.05) is 5.41 Å². The number of rotatable bonds is 12. The molecule has 1 fully saturated rings. The molecule has 1 aliphatic carbocycles. The molecule has 0 atom stereocenters. The first-order valence-corrected chi connectivity index (χ1v) is 13.3. The summed E-state index contributed by atoms with van der Waals surface area (Å²) in [6.07, 6.45) is 13.4. The fourth-order valence-corrected chi connectivity index (χ4v) is 5.51. The Morgan fingerprint density at radius 3 is 2.18 bits per heavy atom. The standard InChI is InChI=1S/C31H45NO2/c1-5-31(6-2,28-14-15-29(25(4)23-28)34-21-11-7-10-20-32)27-13-12-26(24(3)22-27)16-19-30(33)17-8-9-18-30/h12-16,19,22-23,33H,5-11,17-18,20-21,32H2,1-4H3/b19-16+. The lowest BCUT2D eigenvalue weighted by molar-refractivity contribution is 0.100. The predicted molar refractivity (Wildman–Crippen MR) is 145 cm³/mol. The van der Waals surface area contributed by atoms with E-state index >= 15 is 0 Å². The Balaban J connectivity index is 1.82. The number of aryl methyl sites for hydroxylation is 2. The highest BCUT2D eigenvalue weighted by Crippen LogP contribution is 2.41. The van der Waals surface area contributed by atoms with Gasteiger partial charge >= 0.3 is 0 Å². The van der Waals surface area contributed by atoms with Crippen molar-refractivity contribution in [2.45, 2.75) is 96.5 Å². The van der Waals surface area contributed by atoms with Crippen LogP contribution in [0.4, 0.5) is 0 Å². The normalized spacial score (nSPS) is 15.8. The lowest BCUT2D eigenvalue weighted by atomic mass is 9.70. The van der Waals surface area contributed by atoms with Gasteiger partial charge in [0.25, 0.3) is 0 Å². The third kappa shape index (κ3) is 6.12. The monoisotopic (exact) mass is 463 g/mol. The Bertz CT molecular complexity index is 952. The van der Waals surface area contributed by atoms with E-state index in [2.05, 4.69) is 70.2 Å². The third-order valence-corrected chi connectivity index (χ3v) is 7.91. The molecule has 3 heteroatoms. The molecule has 2 aromatic rings. The number of hydrogen-bond acceptors (Lipinski definition) is 3. The molecule has 34 heavy (non-hydrogen) atoms. The summed E-state index contributed by atoms with van der Waals surface area (Å²) in [6, 6.07) is 13.6. The molecule has 0 aliphatic heterocycles. The molecule has 3 rings (SSSR count). The van der Waals surface area contributed by atoms with Crippen LogP contribution in [-0.4, -0.2) is 23.9 Å². The van der Waals surface area contributed by atoms with Crippen LogP contribution in [0, 0.1) is 13.8 Å². The summed E-state index contributed by atoms with van der Waals surface area (Å²) in [4.78, 5) is 0. The number of hydrogen-bond donors (Lipinski definition) is 2. The molecule has 0 unspecified atom stereocenters. The average molecular weight is 464 g/mol. The zero-order valence-corrected chi connectivity index (χ0v) is 21.8. The second-order valence-electron chi connectivity index (χ2n) is 10.2. The van der Waals surface area contributed by atoms with Gasteiger partial charge in [-0.2, -0.15) is 0 Å². The van der Waals surface area contributed by atoms with Crippen molar-refractivity contribution in [2.75, 3.05) is 13.2 Å². The highest BCUT2D eigenvalue weighted by molar-refractivity contribution is 5.57. The van der Waals surface area contributed by atoms with Crippen LogP contribution in [0.3, 0.4) is 0 Å².